The molecular weight excluding hydrogens is 154 g/mol. The van der Waals surface area contributed by atoms with Crippen LogP contribution in [0.3, 0.4) is 0 Å². The van der Waals surface area contributed by atoms with Gasteiger partial charge in [-0.15, -0.1) is 0 Å². The molecule has 0 spiro atoms. The Hall–Kier alpha value is -0.970. The van der Waals surface area contributed by atoms with E-state index >= 15 is 0 Å². The van der Waals surface area contributed by atoms with Gasteiger partial charge in [-0.25, -0.2) is 8.78 Å². The lowest BCUT2D eigenvalue weighted by atomic mass is 10.1. The second-order valence-electron chi connectivity index (χ2n) is 2.10. The molecular formula is C6H8F2N2O. The second-order valence-corrected chi connectivity index (χ2v) is 2.10. The summed E-state index contributed by atoms with van der Waals surface area (Å²) in [5.41, 5.74) is 5.31. The van der Waals surface area contributed by atoms with Crippen LogP contribution < -0.4 is 5.73 Å². The van der Waals surface area contributed by atoms with Crippen LogP contribution in [0, 0.1) is 0 Å². The van der Waals surface area contributed by atoms with Crippen molar-refractivity contribution in [3.63, 3.8) is 0 Å². The Morgan fingerprint density at radius 3 is 2.73 bits per heavy atom. The summed E-state index contributed by atoms with van der Waals surface area (Å²) in [4.78, 5) is 0. The van der Waals surface area contributed by atoms with Crippen LogP contribution in [0.5, 0.6) is 0 Å². The Morgan fingerprint density at radius 1 is 1.64 bits per heavy atom. The van der Waals surface area contributed by atoms with Crippen LogP contribution in [0.4, 0.5) is 8.78 Å². The Morgan fingerprint density at radius 2 is 2.36 bits per heavy atom. The summed E-state index contributed by atoms with van der Waals surface area (Å²) in [6.07, 6.45) is -1.23. The molecule has 0 aliphatic rings. The van der Waals surface area contributed by atoms with Gasteiger partial charge in [0.05, 0.1) is 11.6 Å². The summed E-state index contributed by atoms with van der Waals surface area (Å²) in [6, 6.07) is 1.39. The van der Waals surface area contributed by atoms with Gasteiger partial charge in [-0.3, -0.25) is 0 Å². The first kappa shape index (κ1) is 8.13. The maximum Gasteiger partial charge on any atom is 0.248 e. The molecule has 1 heterocycles. The predicted octanol–water partition coefficient (Wildman–Crippen LogP) is 0.982. The molecule has 3 nitrogen and oxygen atoms in total. The van der Waals surface area contributed by atoms with Crippen molar-refractivity contribution >= 4 is 0 Å². The number of alkyl halides is 2. The van der Waals surface area contributed by atoms with E-state index in [1.165, 1.54) is 12.3 Å². The number of hydrogen-bond acceptors (Lipinski definition) is 3. The fourth-order valence-corrected chi connectivity index (χ4v) is 0.766. The number of aromatic nitrogens is 1. The van der Waals surface area contributed by atoms with E-state index in [1.54, 1.807) is 0 Å². The minimum atomic E-state index is -2.48. The van der Waals surface area contributed by atoms with Gasteiger partial charge in [0.1, 0.15) is 6.26 Å². The minimum absolute atomic E-state index is 0.121. The van der Waals surface area contributed by atoms with Crippen molar-refractivity contribution < 1.29 is 13.3 Å². The summed E-state index contributed by atoms with van der Waals surface area (Å²) in [6.45, 7) is -0.121. The molecule has 1 unspecified atom stereocenters. The molecule has 0 fully saturated rings. The van der Waals surface area contributed by atoms with E-state index in [4.69, 9.17) is 5.73 Å². The zero-order valence-corrected chi connectivity index (χ0v) is 5.71. The van der Waals surface area contributed by atoms with Crippen LogP contribution in [0.25, 0.3) is 0 Å². The van der Waals surface area contributed by atoms with Gasteiger partial charge in [0.25, 0.3) is 0 Å². The average molecular weight is 162 g/mol. The van der Waals surface area contributed by atoms with Crippen molar-refractivity contribution in [2.45, 2.75) is 12.3 Å². The molecule has 0 bridgehead atoms. The Balaban J connectivity index is 2.71. The average Bonchev–Trinajstić information content (AvgIpc) is 2.40. The maximum atomic E-state index is 12.1. The third-order valence-electron chi connectivity index (χ3n) is 1.40. The van der Waals surface area contributed by atoms with Gasteiger partial charge in [-0.05, 0) is 0 Å². The zero-order valence-electron chi connectivity index (χ0n) is 5.71. The van der Waals surface area contributed by atoms with Crippen LogP contribution in [-0.4, -0.2) is 18.1 Å². The zero-order chi connectivity index (χ0) is 8.27. The third kappa shape index (κ3) is 1.74. The largest absolute Gasteiger partial charge is 0.364 e. The van der Waals surface area contributed by atoms with Crippen molar-refractivity contribution in [3.05, 3.63) is 18.0 Å². The maximum absolute atomic E-state index is 12.1. The number of nitrogens with two attached hydrogens (primary N) is 1. The normalized spacial score (nSPS) is 13.8. The Kier molecular flexibility index (Phi) is 2.53. The molecule has 1 atom stereocenters. The van der Waals surface area contributed by atoms with Gasteiger partial charge in [0.2, 0.25) is 6.43 Å². The molecule has 2 N–H and O–H groups in total. The van der Waals surface area contributed by atoms with Crippen molar-refractivity contribution in [2.75, 3.05) is 6.54 Å². The molecule has 11 heavy (non-hydrogen) atoms. The second kappa shape index (κ2) is 3.43. The molecule has 1 aromatic heterocycles. The Labute approximate surface area is 62.2 Å². The first-order chi connectivity index (χ1) is 5.25. The number of nitrogens with zero attached hydrogens (tertiary/aromatic N) is 1. The quantitative estimate of drug-likeness (QED) is 0.720. The smallest absolute Gasteiger partial charge is 0.248 e. The van der Waals surface area contributed by atoms with Crippen LogP contribution in [0.1, 0.15) is 11.6 Å². The van der Waals surface area contributed by atoms with Crippen LogP contribution >= 0.6 is 0 Å². The van der Waals surface area contributed by atoms with E-state index in [9.17, 15) is 8.78 Å². The van der Waals surface area contributed by atoms with E-state index in [2.05, 4.69) is 9.68 Å². The van der Waals surface area contributed by atoms with Crippen LogP contribution in [-0.2, 0) is 0 Å². The van der Waals surface area contributed by atoms with E-state index in [0.717, 1.165) is 0 Å². The van der Waals surface area contributed by atoms with E-state index in [-0.39, 0.29) is 12.2 Å². The van der Waals surface area contributed by atoms with Crippen molar-refractivity contribution in [1.82, 2.24) is 5.16 Å². The van der Waals surface area contributed by atoms with Crippen molar-refractivity contribution in [1.29, 1.82) is 0 Å². The molecule has 0 aromatic carbocycles. The highest BCUT2D eigenvalue weighted by atomic mass is 19.3. The lowest BCUT2D eigenvalue weighted by Gasteiger charge is -2.08. The fourth-order valence-electron chi connectivity index (χ4n) is 0.766. The van der Waals surface area contributed by atoms with Gasteiger partial charge in [-0.2, -0.15) is 0 Å². The molecule has 62 valence electrons. The number of halogens is 2. The van der Waals surface area contributed by atoms with Crippen molar-refractivity contribution in [2.24, 2.45) is 5.73 Å². The van der Waals surface area contributed by atoms with Crippen LogP contribution in [0.2, 0.25) is 0 Å². The van der Waals surface area contributed by atoms with Gasteiger partial charge in [-0.1, -0.05) is 5.16 Å². The monoisotopic (exact) mass is 162 g/mol. The van der Waals surface area contributed by atoms with E-state index in [0.29, 0.717) is 0 Å². The summed E-state index contributed by atoms with van der Waals surface area (Å²) in [5.74, 6) is -1.01. The summed E-state index contributed by atoms with van der Waals surface area (Å²) < 4.78 is 28.6. The molecule has 5 heteroatoms. The summed E-state index contributed by atoms with van der Waals surface area (Å²) in [5, 5.41) is 3.37. The molecule has 0 saturated heterocycles. The van der Waals surface area contributed by atoms with E-state index in [1.807, 2.05) is 0 Å². The fraction of sp³-hybridized carbons (Fsp3) is 0.500. The highest BCUT2D eigenvalue weighted by Crippen LogP contribution is 2.19. The molecule has 0 aliphatic heterocycles. The minimum Gasteiger partial charge on any atom is -0.364 e. The number of rotatable bonds is 3. The first-order valence-corrected chi connectivity index (χ1v) is 3.14. The van der Waals surface area contributed by atoms with Gasteiger partial charge < -0.3 is 10.3 Å². The standard InChI is InChI=1S/C6H8F2N2O/c7-6(8)4(3-9)5-1-2-11-10-5/h1-2,4,6H,3,9H2. The molecule has 0 aliphatic carbocycles. The van der Waals surface area contributed by atoms with Gasteiger partial charge in [0.15, 0.2) is 0 Å². The predicted molar refractivity (Wildman–Crippen MR) is 34.3 cm³/mol. The lowest BCUT2D eigenvalue weighted by Crippen LogP contribution is -2.19. The SMILES string of the molecule is NCC(c1ccon1)C(F)F. The molecule has 0 radical (unpaired) electrons. The lowest BCUT2D eigenvalue weighted by molar-refractivity contribution is 0.113. The molecule has 0 amide bonds. The topological polar surface area (TPSA) is 52.0 Å². The first-order valence-electron chi connectivity index (χ1n) is 3.14. The third-order valence-corrected chi connectivity index (χ3v) is 1.40. The highest BCUT2D eigenvalue weighted by molar-refractivity contribution is 5.05. The number of hydrogen-bond donors (Lipinski definition) is 1. The highest BCUT2D eigenvalue weighted by Gasteiger charge is 2.22. The summed E-state index contributed by atoms with van der Waals surface area (Å²) >= 11 is 0. The molecule has 1 aromatic rings. The van der Waals surface area contributed by atoms with Crippen molar-refractivity contribution in [3.8, 4) is 0 Å². The van der Waals surface area contributed by atoms with Gasteiger partial charge >= 0.3 is 0 Å². The summed E-state index contributed by atoms with van der Waals surface area (Å²) in [7, 11) is 0. The van der Waals surface area contributed by atoms with Gasteiger partial charge in [0, 0.05) is 12.6 Å². The molecule has 1 rings (SSSR count). The van der Waals surface area contributed by atoms with Crippen LogP contribution in [0.15, 0.2) is 16.9 Å². The Bertz CT molecular complexity index is 200. The van der Waals surface area contributed by atoms with E-state index < -0.39 is 12.3 Å². The molecule has 0 saturated carbocycles.